The van der Waals surface area contributed by atoms with Crippen molar-refractivity contribution in [1.29, 1.82) is 0 Å². The smallest absolute Gasteiger partial charge is 0.335 e. The molecule has 4 nitrogen and oxygen atoms in total. The Kier molecular flexibility index (Phi) is 9.40. The Hall–Kier alpha value is -3.03. The molecule has 0 radical (unpaired) electrons. The molecule has 0 heterocycles. The molecule has 0 aliphatic heterocycles. The van der Waals surface area contributed by atoms with Crippen molar-refractivity contribution < 1.29 is 19.0 Å². The summed E-state index contributed by atoms with van der Waals surface area (Å²) in [7, 11) is 0. The van der Waals surface area contributed by atoms with Crippen molar-refractivity contribution in [2.24, 2.45) is 0 Å². The monoisotopic (exact) mass is 378 g/mol. The fraction of sp³-hybridized carbons (Fsp3) is 0.292. The van der Waals surface area contributed by atoms with Crippen LogP contribution in [-0.4, -0.2) is 25.8 Å². The predicted octanol–water partition coefficient (Wildman–Crippen LogP) is 4.76. The van der Waals surface area contributed by atoms with E-state index < -0.39 is 5.97 Å². The summed E-state index contributed by atoms with van der Waals surface area (Å²) >= 11 is 0. The lowest BCUT2D eigenvalue weighted by Gasteiger charge is -2.07. The molecule has 0 N–H and O–H groups in total. The topological polar surface area (TPSA) is 44.8 Å². The van der Waals surface area contributed by atoms with Crippen LogP contribution in [0.5, 0.6) is 11.5 Å². The van der Waals surface area contributed by atoms with Gasteiger partial charge in [0, 0.05) is 23.8 Å². The summed E-state index contributed by atoms with van der Waals surface area (Å²) in [6.45, 7) is 7.48. The molecular weight excluding hydrogens is 352 g/mol. The van der Waals surface area contributed by atoms with Crippen LogP contribution in [0.4, 0.5) is 0 Å². The third-order valence-electron chi connectivity index (χ3n) is 3.83. The van der Waals surface area contributed by atoms with E-state index in [4.69, 9.17) is 14.2 Å². The van der Waals surface area contributed by atoms with Gasteiger partial charge in [-0.15, -0.1) is 0 Å². The SMILES string of the molecule is C=CC(=O)Oc1ccc(C#Cc2ccc(OCCOCCCCC)cc2)cc1. The number of carbonyl (C=O) groups is 1. The lowest BCUT2D eigenvalue weighted by atomic mass is 10.2. The van der Waals surface area contributed by atoms with Gasteiger partial charge in [-0.3, -0.25) is 0 Å². The molecule has 0 aromatic heterocycles. The van der Waals surface area contributed by atoms with Crippen LogP contribution in [-0.2, 0) is 9.53 Å². The summed E-state index contributed by atoms with van der Waals surface area (Å²) < 4.78 is 16.2. The first kappa shape index (κ1) is 21.3. The molecule has 0 spiro atoms. The second-order valence-corrected chi connectivity index (χ2v) is 6.09. The predicted molar refractivity (Wildman–Crippen MR) is 111 cm³/mol. The fourth-order valence-corrected chi connectivity index (χ4v) is 2.32. The molecule has 0 amide bonds. The molecule has 0 atom stereocenters. The highest BCUT2D eigenvalue weighted by atomic mass is 16.5. The van der Waals surface area contributed by atoms with Crippen molar-refractivity contribution in [3.05, 3.63) is 72.3 Å². The van der Waals surface area contributed by atoms with Crippen LogP contribution in [0.1, 0.15) is 37.3 Å². The summed E-state index contributed by atoms with van der Waals surface area (Å²) in [6, 6.07) is 14.7. The molecule has 0 unspecified atom stereocenters. The highest BCUT2D eigenvalue weighted by Gasteiger charge is 1.99. The van der Waals surface area contributed by atoms with Crippen LogP contribution >= 0.6 is 0 Å². The Labute approximate surface area is 167 Å². The average Bonchev–Trinajstić information content (AvgIpc) is 2.73. The first-order valence-corrected chi connectivity index (χ1v) is 9.48. The van der Waals surface area contributed by atoms with Gasteiger partial charge in [-0.2, -0.15) is 0 Å². The largest absolute Gasteiger partial charge is 0.491 e. The van der Waals surface area contributed by atoms with E-state index in [1.807, 2.05) is 24.3 Å². The maximum absolute atomic E-state index is 11.2. The molecule has 2 rings (SSSR count). The Morgan fingerprint density at radius 1 is 0.893 bits per heavy atom. The quantitative estimate of drug-likeness (QED) is 0.197. The second-order valence-electron chi connectivity index (χ2n) is 6.09. The first-order valence-electron chi connectivity index (χ1n) is 9.48. The number of unbranched alkanes of at least 4 members (excludes halogenated alkanes) is 2. The second kappa shape index (κ2) is 12.4. The standard InChI is InChI=1S/C24H26O4/c1-3-5-6-17-26-18-19-27-22-13-9-20(10-14-22)7-8-21-11-15-23(16-12-21)28-24(25)4-2/h4,9-16H,2-3,5-6,17-19H2,1H3. The molecule has 2 aromatic carbocycles. The van der Waals surface area contributed by atoms with E-state index in [0.29, 0.717) is 19.0 Å². The van der Waals surface area contributed by atoms with Crippen LogP contribution in [0, 0.1) is 11.8 Å². The van der Waals surface area contributed by atoms with Gasteiger partial charge in [0.05, 0.1) is 6.61 Å². The number of esters is 1. The Bertz CT molecular complexity index is 795. The van der Waals surface area contributed by atoms with Crippen LogP contribution in [0.2, 0.25) is 0 Å². The maximum atomic E-state index is 11.2. The number of hydrogen-bond donors (Lipinski definition) is 0. The molecule has 0 saturated heterocycles. The van der Waals surface area contributed by atoms with Gasteiger partial charge in [0.15, 0.2) is 0 Å². The minimum Gasteiger partial charge on any atom is -0.491 e. The molecule has 146 valence electrons. The highest BCUT2D eigenvalue weighted by molar-refractivity contribution is 5.83. The lowest BCUT2D eigenvalue weighted by molar-refractivity contribution is -0.128. The maximum Gasteiger partial charge on any atom is 0.335 e. The number of rotatable bonds is 10. The Morgan fingerprint density at radius 2 is 1.50 bits per heavy atom. The molecule has 0 fully saturated rings. The van der Waals surface area contributed by atoms with Crippen molar-refractivity contribution in [2.75, 3.05) is 19.8 Å². The molecule has 0 bridgehead atoms. The van der Waals surface area contributed by atoms with Crippen molar-refractivity contribution in [3.63, 3.8) is 0 Å². The summed E-state index contributed by atoms with van der Waals surface area (Å²) in [5.74, 6) is 6.97. The van der Waals surface area contributed by atoms with Gasteiger partial charge in [0.1, 0.15) is 18.1 Å². The molecule has 2 aromatic rings. The van der Waals surface area contributed by atoms with Gasteiger partial charge in [-0.05, 0) is 55.0 Å². The molecule has 0 aliphatic carbocycles. The van der Waals surface area contributed by atoms with E-state index in [2.05, 4.69) is 25.3 Å². The summed E-state index contributed by atoms with van der Waals surface area (Å²) in [5.41, 5.74) is 1.73. The van der Waals surface area contributed by atoms with Gasteiger partial charge in [0.25, 0.3) is 0 Å². The van der Waals surface area contributed by atoms with E-state index in [1.54, 1.807) is 24.3 Å². The van der Waals surface area contributed by atoms with E-state index in [-0.39, 0.29) is 0 Å². The zero-order valence-corrected chi connectivity index (χ0v) is 16.3. The van der Waals surface area contributed by atoms with Crippen molar-refractivity contribution >= 4 is 5.97 Å². The van der Waals surface area contributed by atoms with E-state index in [0.717, 1.165) is 36.0 Å². The van der Waals surface area contributed by atoms with Crippen molar-refractivity contribution in [2.45, 2.75) is 26.2 Å². The minimum absolute atomic E-state index is 0.464. The van der Waals surface area contributed by atoms with Gasteiger partial charge in [-0.1, -0.05) is 38.2 Å². The van der Waals surface area contributed by atoms with Gasteiger partial charge in [0.2, 0.25) is 0 Å². The van der Waals surface area contributed by atoms with E-state index in [9.17, 15) is 4.79 Å². The molecular formula is C24H26O4. The average molecular weight is 378 g/mol. The Balaban J connectivity index is 1.78. The highest BCUT2D eigenvalue weighted by Crippen LogP contribution is 2.13. The first-order chi connectivity index (χ1) is 13.7. The summed E-state index contributed by atoms with van der Waals surface area (Å²) in [6.07, 6.45) is 4.64. The molecule has 28 heavy (non-hydrogen) atoms. The van der Waals surface area contributed by atoms with Crippen LogP contribution in [0.25, 0.3) is 0 Å². The third-order valence-corrected chi connectivity index (χ3v) is 3.83. The van der Waals surface area contributed by atoms with Crippen molar-refractivity contribution in [1.82, 2.24) is 0 Å². The zero-order chi connectivity index (χ0) is 20.0. The fourth-order valence-electron chi connectivity index (χ4n) is 2.32. The van der Waals surface area contributed by atoms with Crippen LogP contribution < -0.4 is 9.47 Å². The minimum atomic E-state index is -0.482. The number of benzene rings is 2. The van der Waals surface area contributed by atoms with Gasteiger partial charge in [-0.25, -0.2) is 4.79 Å². The summed E-state index contributed by atoms with van der Waals surface area (Å²) in [4.78, 5) is 11.2. The summed E-state index contributed by atoms with van der Waals surface area (Å²) in [5, 5.41) is 0. The van der Waals surface area contributed by atoms with Crippen LogP contribution in [0.15, 0.2) is 61.2 Å². The molecule has 0 aliphatic rings. The van der Waals surface area contributed by atoms with Crippen molar-refractivity contribution in [3.8, 4) is 23.3 Å². The number of hydrogen-bond acceptors (Lipinski definition) is 4. The van der Waals surface area contributed by atoms with Crippen LogP contribution in [0.3, 0.4) is 0 Å². The van der Waals surface area contributed by atoms with Gasteiger partial charge < -0.3 is 14.2 Å². The molecule has 4 heteroatoms. The van der Waals surface area contributed by atoms with Gasteiger partial charge >= 0.3 is 5.97 Å². The van der Waals surface area contributed by atoms with E-state index >= 15 is 0 Å². The lowest BCUT2D eigenvalue weighted by Crippen LogP contribution is -2.07. The van der Waals surface area contributed by atoms with E-state index in [1.165, 1.54) is 12.8 Å². The number of carbonyl (C=O) groups excluding carboxylic acids is 1. The normalized spacial score (nSPS) is 9.89. The zero-order valence-electron chi connectivity index (χ0n) is 16.3. The third kappa shape index (κ3) is 8.11. The number of ether oxygens (including phenoxy) is 3. The Morgan fingerprint density at radius 3 is 2.07 bits per heavy atom. The molecule has 0 saturated carbocycles.